The van der Waals surface area contributed by atoms with Crippen molar-refractivity contribution in [3.63, 3.8) is 0 Å². The zero-order chi connectivity index (χ0) is 13.7. The zero-order valence-electron chi connectivity index (χ0n) is 10.5. The van der Waals surface area contributed by atoms with E-state index in [1.807, 2.05) is 6.92 Å². The molecule has 1 amide bonds. The van der Waals surface area contributed by atoms with Crippen molar-refractivity contribution in [2.24, 2.45) is 0 Å². The van der Waals surface area contributed by atoms with Crippen LogP contribution in [0.15, 0.2) is 42.7 Å². The molecule has 2 N–H and O–H groups in total. The van der Waals surface area contributed by atoms with Crippen LogP contribution in [0, 0.1) is 5.82 Å². The molecule has 2 rings (SSSR count). The number of anilines is 2. The summed E-state index contributed by atoms with van der Waals surface area (Å²) < 4.78 is 13.7. The second-order valence-corrected chi connectivity index (χ2v) is 3.89. The number of hydrogen-bond acceptors (Lipinski definition) is 3. The highest BCUT2D eigenvalue weighted by Crippen LogP contribution is 2.20. The predicted octanol–water partition coefficient (Wildman–Crippen LogP) is 2.90. The molecule has 0 fully saturated rings. The van der Waals surface area contributed by atoms with Gasteiger partial charge in [-0.05, 0) is 31.2 Å². The largest absolute Gasteiger partial charge is 0.382 e. The van der Waals surface area contributed by atoms with Gasteiger partial charge in [-0.3, -0.25) is 9.78 Å². The summed E-state index contributed by atoms with van der Waals surface area (Å²) >= 11 is 0. The van der Waals surface area contributed by atoms with Crippen LogP contribution in [0.2, 0.25) is 0 Å². The highest BCUT2D eigenvalue weighted by Gasteiger charge is 2.14. The zero-order valence-corrected chi connectivity index (χ0v) is 10.5. The van der Waals surface area contributed by atoms with E-state index in [-0.39, 0.29) is 17.2 Å². The maximum absolute atomic E-state index is 13.7. The van der Waals surface area contributed by atoms with E-state index in [4.69, 9.17) is 0 Å². The first-order chi connectivity index (χ1) is 9.22. The van der Waals surface area contributed by atoms with Crippen LogP contribution in [-0.2, 0) is 0 Å². The Balaban J connectivity index is 2.26. The fourth-order valence-corrected chi connectivity index (χ4v) is 1.70. The third-order valence-electron chi connectivity index (χ3n) is 2.53. The molecule has 0 atom stereocenters. The lowest BCUT2D eigenvalue weighted by Gasteiger charge is -2.11. The molecule has 0 aliphatic carbocycles. The second-order valence-electron chi connectivity index (χ2n) is 3.89. The average Bonchev–Trinajstić information content (AvgIpc) is 2.42. The molecular weight excluding hydrogens is 245 g/mol. The van der Waals surface area contributed by atoms with E-state index in [2.05, 4.69) is 15.6 Å². The quantitative estimate of drug-likeness (QED) is 0.887. The van der Waals surface area contributed by atoms with Gasteiger partial charge in [-0.2, -0.15) is 0 Å². The van der Waals surface area contributed by atoms with Gasteiger partial charge in [-0.1, -0.05) is 6.07 Å². The summed E-state index contributed by atoms with van der Waals surface area (Å²) in [6.45, 7) is 2.38. The van der Waals surface area contributed by atoms with E-state index in [0.717, 1.165) is 0 Å². The molecule has 98 valence electrons. The number of rotatable bonds is 4. The van der Waals surface area contributed by atoms with Crippen molar-refractivity contribution in [1.29, 1.82) is 0 Å². The Morgan fingerprint density at radius 3 is 2.84 bits per heavy atom. The lowest BCUT2D eigenvalue weighted by molar-refractivity contribution is 0.102. The van der Waals surface area contributed by atoms with E-state index in [1.54, 1.807) is 24.4 Å². The number of hydrogen-bond donors (Lipinski definition) is 2. The Kier molecular flexibility index (Phi) is 4.07. The van der Waals surface area contributed by atoms with E-state index in [1.165, 1.54) is 18.3 Å². The Bertz CT molecular complexity index is 572. The van der Waals surface area contributed by atoms with Gasteiger partial charge >= 0.3 is 0 Å². The molecule has 1 aromatic carbocycles. The number of carbonyl (C=O) groups is 1. The average molecular weight is 259 g/mol. The van der Waals surface area contributed by atoms with Crippen molar-refractivity contribution in [2.75, 3.05) is 17.2 Å². The number of nitrogens with one attached hydrogen (secondary N) is 2. The first kappa shape index (κ1) is 13.0. The van der Waals surface area contributed by atoms with Gasteiger partial charge in [0.15, 0.2) is 0 Å². The molecule has 0 saturated carbocycles. The lowest BCUT2D eigenvalue weighted by Crippen LogP contribution is -2.15. The molecule has 1 heterocycles. The molecule has 0 saturated heterocycles. The molecular formula is C14H14FN3O. The van der Waals surface area contributed by atoms with Crippen LogP contribution in [0.25, 0.3) is 0 Å². The minimum Gasteiger partial charge on any atom is -0.382 e. The summed E-state index contributed by atoms with van der Waals surface area (Å²) in [4.78, 5) is 16.0. The monoisotopic (exact) mass is 259 g/mol. The summed E-state index contributed by atoms with van der Waals surface area (Å²) in [5, 5.41) is 5.54. The maximum atomic E-state index is 13.7. The molecule has 0 radical (unpaired) electrons. The van der Waals surface area contributed by atoms with Gasteiger partial charge in [-0.25, -0.2) is 4.39 Å². The summed E-state index contributed by atoms with van der Waals surface area (Å²) in [7, 11) is 0. The predicted molar refractivity (Wildman–Crippen MR) is 72.8 cm³/mol. The van der Waals surface area contributed by atoms with Gasteiger partial charge in [0, 0.05) is 12.7 Å². The molecule has 19 heavy (non-hydrogen) atoms. The van der Waals surface area contributed by atoms with Crippen LogP contribution in [-0.4, -0.2) is 17.4 Å². The highest BCUT2D eigenvalue weighted by molar-refractivity contribution is 6.08. The first-order valence-electron chi connectivity index (χ1n) is 5.96. The summed E-state index contributed by atoms with van der Waals surface area (Å²) in [6, 6.07) is 7.84. The minimum absolute atomic E-state index is 0.214. The van der Waals surface area contributed by atoms with Crippen LogP contribution < -0.4 is 10.6 Å². The van der Waals surface area contributed by atoms with Crippen LogP contribution >= 0.6 is 0 Å². The summed E-state index contributed by atoms with van der Waals surface area (Å²) in [5.41, 5.74) is 1.05. The number of pyridine rings is 1. The van der Waals surface area contributed by atoms with E-state index in [9.17, 15) is 9.18 Å². The Hall–Kier alpha value is -2.43. The Morgan fingerprint density at radius 2 is 2.16 bits per heavy atom. The number of benzene rings is 1. The van der Waals surface area contributed by atoms with Crippen molar-refractivity contribution in [3.05, 3.63) is 54.1 Å². The van der Waals surface area contributed by atoms with E-state index in [0.29, 0.717) is 12.2 Å². The number of para-hydroxylation sites is 1. The molecule has 0 aliphatic rings. The van der Waals surface area contributed by atoms with Crippen LogP contribution in [0.1, 0.15) is 17.3 Å². The standard InChI is InChI=1S/C14H14FN3O/c1-2-17-13-11(6-3-7-12(13)15)14(19)18-10-5-4-8-16-9-10/h3-9,17H,2H2,1H3,(H,18,19). The lowest BCUT2D eigenvalue weighted by atomic mass is 10.1. The number of aromatic nitrogens is 1. The molecule has 0 bridgehead atoms. The van der Waals surface area contributed by atoms with Gasteiger partial charge < -0.3 is 10.6 Å². The smallest absolute Gasteiger partial charge is 0.257 e. The second kappa shape index (κ2) is 5.95. The molecule has 1 aromatic heterocycles. The first-order valence-corrected chi connectivity index (χ1v) is 5.96. The summed E-state index contributed by atoms with van der Waals surface area (Å²) in [5.74, 6) is -0.816. The third kappa shape index (κ3) is 3.07. The number of amides is 1. The minimum atomic E-state index is -0.444. The molecule has 0 spiro atoms. The van der Waals surface area contributed by atoms with Crippen molar-refractivity contribution >= 4 is 17.3 Å². The van der Waals surface area contributed by atoms with Crippen LogP contribution in [0.5, 0.6) is 0 Å². The van der Waals surface area contributed by atoms with Crippen molar-refractivity contribution in [1.82, 2.24) is 4.98 Å². The normalized spacial score (nSPS) is 10.0. The number of nitrogens with zero attached hydrogens (tertiary/aromatic N) is 1. The van der Waals surface area contributed by atoms with E-state index < -0.39 is 5.82 Å². The van der Waals surface area contributed by atoms with Crippen LogP contribution in [0.4, 0.5) is 15.8 Å². The maximum Gasteiger partial charge on any atom is 0.257 e. The Labute approximate surface area is 110 Å². The van der Waals surface area contributed by atoms with Gasteiger partial charge in [0.05, 0.1) is 23.1 Å². The fourth-order valence-electron chi connectivity index (χ4n) is 1.70. The number of carbonyl (C=O) groups excluding carboxylic acids is 1. The van der Waals surface area contributed by atoms with Gasteiger partial charge in [0.2, 0.25) is 0 Å². The highest BCUT2D eigenvalue weighted by atomic mass is 19.1. The summed E-state index contributed by atoms with van der Waals surface area (Å²) in [6.07, 6.45) is 3.14. The van der Waals surface area contributed by atoms with Crippen molar-refractivity contribution in [2.45, 2.75) is 6.92 Å². The topological polar surface area (TPSA) is 54.0 Å². The third-order valence-corrected chi connectivity index (χ3v) is 2.53. The Morgan fingerprint density at radius 1 is 1.32 bits per heavy atom. The SMILES string of the molecule is CCNc1c(F)cccc1C(=O)Nc1cccnc1. The van der Waals surface area contributed by atoms with Gasteiger partial charge in [0.25, 0.3) is 5.91 Å². The fraction of sp³-hybridized carbons (Fsp3) is 0.143. The van der Waals surface area contributed by atoms with Crippen LogP contribution in [0.3, 0.4) is 0 Å². The van der Waals surface area contributed by atoms with Crippen molar-refractivity contribution in [3.8, 4) is 0 Å². The van der Waals surface area contributed by atoms with E-state index >= 15 is 0 Å². The molecule has 4 nitrogen and oxygen atoms in total. The van der Waals surface area contributed by atoms with Gasteiger partial charge in [-0.15, -0.1) is 0 Å². The molecule has 0 aliphatic heterocycles. The molecule has 2 aromatic rings. The molecule has 5 heteroatoms. The molecule has 0 unspecified atom stereocenters. The van der Waals surface area contributed by atoms with Crippen molar-refractivity contribution < 1.29 is 9.18 Å². The number of halogens is 1. The van der Waals surface area contributed by atoms with Gasteiger partial charge in [0.1, 0.15) is 5.82 Å².